The molecule has 0 atom stereocenters. The van der Waals surface area contributed by atoms with E-state index in [-0.39, 0.29) is 0 Å². The average molecular weight is 316 g/mol. The van der Waals surface area contributed by atoms with Gasteiger partial charge in [-0.15, -0.1) is 0 Å². The third-order valence-corrected chi connectivity index (χ3v) is 3.81. The first-order chi connectivity index (χ1) is 8.54. The summed E-state index contributed by atoms with van der Waals surface area (Å²) in [5.74, 6) is 0.773. The van der Waals surface area contributed by atoms with Crippen LogP contribution < -0.4 is 10.1 Å². The number of hydrogen-bond donors (Lipinski definition) is 2. The van der Waals surface area contributed by atoms with Crippen molar-refractivity contribution in [2.24, 2.45) is 0 Å². The molecule has 102 valence electrons. The van der Waals surface area contributed by atoms with Gasteiger partial charge in [0.05, 0.1) is 10.1 Å². The fourth-order valence-corrected chi connectivity index (χ4v) is 2.18. The molecule has 0 aromatic heterocycles. The largest absolute Gasteiger partial charge is 0.489 e. The number of rotatable bonds is 7. The summed E-state index contributed by atoms with van der Waals surface area (Å²) >= 11 is 3.49. The molecule has 4 heteroatoms. The van der Waals surface area contributed by atoms with E-state index in [0.717, 1.165) is 16.8 Å². The molecule has 0 saturated carbocycles. The molecule has 0 heterocycles. The van der Waals surface area contributed by atoms with Crippen LogP contribution in [0.25, 0.3) is 0 Å². The molecular formula is C14H22BrNO2. The summed E-state index contributed by atoms with van der Waals surface area (Å²) in [6.45, 7) is 5.09. The standard InChI is InChI=1S/C14H22BrNO2/c1-4-14(17,5-2)10-18-13-7-6-11(9-16-3)8-12(13)15/h6-8,16-17H,4-5,9-10H2,1-3H3. The molecule has 18 heavy (non-hydrogen) atoms. The molecule has 1 aromatic carbocycles. The van der Waals surface area contributed by atoms with Gasteiger partial charge in [-0.25, -0.2) is 0 Å². The molecule has 1 rings (SSSR count). The molecule has 0 unspecified atom stereocenters. The lowest BCUT2D eigenvalue weighted by molar-refractivity contribution is -0.0115. The summed E-state index contributed by atoms with van der Waals surface area (Å²) in [4.78, 5) is 0. The Kier molecular flexibility index (Phi) is 6.12. The minimum atomic E-state index is -0.733. The van der Waals surface area contributed by atoms with Crippen LogP contribution in [-0.4, -0.2) is 24.4 Å². The van der Waals surface area contributed by atoms with Crippen LogP contribution in [0.2, 0.25) is 0 Å². The Morgan fingerprint density at radius 1 is 1.33 bits per heavy atom. The van der Waals surface area contributed by atoms with Crippen LogP contribution in [0.3, 0.4) is 0 Å². The Hall–Kier alpha value is -0.580. The lowest BCUT2D eigenvalue weighted by Crippen LogP contribution is -2.34. The van der Waals surface area contributed by atoms with E-state index in [1.54, 1.807) is 0 Å². The minimum Gasteiger partial charge on any atom is -0.489 e. The van der Waals surface area contributed by atoms with Gasteiger partial charge in [-0.3, -0.25) is 0 Å². The van der Waals surface area contributed by atoms with Gasteiger partial charge in [0.2, 0.25) is 0 Å². The smallest absolute Gasteiger partial charge is 0.133 e. The molecule has 0 aliphatic heterocycles. The van der Waals surface area contributed by atoms with Gasteiger partial charge >= 0.3 is 0 Å². The normalized spacial score (nSPS) is 11.6. The highest BCUT2D eigenvalue weighted by atomic mass is 79.9. The van der Waals surface area contributed by atoms with Crippen molar-refractivity contribution in [3.05, 3.63) is 28.2 Å². The summed E-state index contributed by atoms with van der Waals surface area (Å²) in [7, 11) is 1.92. The molecule has 0 aliphatic carbocycles. The Morgan fingerprint density at radius 3 is 2.50 bits per heavy atom. The molecule has 0 aliphatic rings. The first-order valence-corrected chi connectivity index (χ1v) is 7.12. The van der Waals surface area contributed by atoms with Gasteiger partial charge in [0.25, 0.3) is 0 Å². The van der Waals surface area contributed by atoms with E-state index in [2.05, 4.69) is 21.2 Å². The fraction of sp³-hybridized carbons (Fsp3) is 0.571. The van der Waals surface area contributed by atoms with E-state index >= 15 is 0 Å². The summed E-state index contributed by atoms with van der Waals surface area (Å²) in [5, 5.41) is 13.3. The SMILES string of the molecule is CCC(O)(CC)COc1ccc(CNC)cc1Br. The summed E-state index contributed by atoms with van der Waals surface area (Å²) in [5.41, 5.74) is 0.460. The molecular weight excluding hydrogens is 294 g/mol. The molecule has 0 radical (unpaired) electrons. The number of aliphatic hydroxyl groups is 1. The second-order valence-electron chi connectivity index (χ2n) is 4.52. The van der Waals surface area contributed by atoms with Gasteiger partial charge in [-0.2, -0.15) is 0 Å². The van der Waals surface area contributed by atoms with E-state index in [1.165, 1.54) is 5.56 Å². The van der Waals surface area contributed by atoms with Crippen LogP contribution >= 0.6 is 15.9 Å². The number of ether oxygens (including phenoxy) is 1. The Balaban J connectivity index is 2.68. The quantitative estimate of drug-likeness (QED) is 0.812. The monoisotopic (exact) mass is 315 g/mol. The van der Waals surface area contributed by atoms with Crippen LogP contribution in [0.1, 0.15) is 32.3 Å². The Labute approximate surface area is 118 Å². The average Bonchev–Trinajstić information content (AvgIpc) is 2.38. The molecule has 0 saturated heterocycles. The highest BCUT2D eigenvalue weighted by Crippen LogP contribution is 2.27. The second-order valence-corrected chi connectivity index (χ2v) is 5.37. The molecule has 3 nitrogen and oxygen atoms in total. The van der Waals surface area contributed by atoms with Crippen LogP contribution in [0.15, 0.2) is 22.7 Å². The first kappa shape index (κ1) is 15.5. The van der Waals surface area contributed by atoms with E-state index in [4.69, 9.17) is 4.74 Å². The van der Waals surface area contributed by atoms with Crippen LogP contribution in [-0.2, 0) is 6.54 Å². The lowest BCUT2D eigenvalue weighted by atomic mass is 9.99. The predicted octanol–water partition coefficient (Wildman–Crippen LogP) is 3.10. The highest BCUT2D eigenvalue weighted by molar-refractivity contribution is 9.10. The van der Waals surface area contributed by atoms with E-state index in [0.29, 0.717) is 19.4 Å². The highest BCUT2D eigenvalue weighted by Gasteiger charge is 2.23. The Bertz CT molecular complexity index is 378. The van der Waals surface area contributed by atoms with Crippen LogP contribution in [0, 0.1) is 0 Å². The van der Waals surface area contributed by atoms with Crippen molar-refractivity contribution in [1.29, 1.82) is 0 Å². The molecule has 0 amide bonds. The maximum atomic E-state index is 10.2. The van der Waals surface area contributed by atoms with Gasteiger partial charge < -0.3 is 15.2 Å². The number of nitrogens with one attached hydrogen (secondary N) is 1. The van der Waals surface area contributed by atoms with Crippen LogP contribution in [0.4, 0.5) is 0 Å². The maximum Gasteiger partial charge on any atom is 0.133 e. The van der Waals surface area contributed by atoms with Crippen molar-refractivity contribution in [3.63, 3.8) is 0 Å². The van der Waals surface area contributed by atoms with Crippen molar-refractivity contribution < 1.29 is 9.84 Å². The summed E-state index contributed by atoms with van der Waals surface area (Å²) in [6.07, 6.45) is 1.39. The summed E-state index contributed by atoms with van der Waals surface area (Å²) in [6, 6.07) is 5.98. The van der Waals surface area contributed by atoms with Gasteiger partial charge in [0.1, 0.15) is 12.4 Å². The number of halogens is 1. The van der Waals surface area contributed by atoms with Gasteiger partial charge in [0, 0.05) is 6.54 Å². The third-order valence-electron chi connectivity index (χ3n) is 3.19. The van der Waals surface area contributed by atoms with E-state index in [1.807, 2.05) is 39.1 Å². The molecule has 0 fully saturated rings. The molecule has 0 spiro atoms. The zero-order chi connectivity index (χ0) is 13.6. The third kappa shape index (κ3) is 4.26. The zero-order valence-electron chi connectivity index (χ0n) is 11.3. The zero-order valence-corrected chi connectivity index (χ0v) is 12.9. The second kappa shape index (κ2) is 7.12. The number of benzene rings is 1. The van der Waals surface area contributed by atoms with Crippen LogP contribution in [0.5, 0.6) is 5.75 Å². The van der Waals surface area contributed by atoms with Crippen molar-refractivity contribution in [2.75, 3.05) is 13.7 Å². The van der Waals surface area contributed by atoms with Crippen molar-refractivity contribution in [1.82, 2.24) is 5.32 Å². The predicted molar refractivity (Wildman–Crippen MR) is 77.9 cm³/mol. The van der Waals surface area contributed by atoms with Gasteiger partial charge in [-0.1, -0.05) is 19.9 Å². The van der Waals surface area contributed by atoms with Gasteiger partial charge in [0.15, 0.2) is 0 Å². The Morgan fingerprint density at radius 2 is 2.00 bits per heavy atom. The number of hydrogen-bond acceptors (Lipinski definition) is 3. The molecule has 2 N–H and O–H groups in total. The summed E-state index contributed by atoms with van der Waals surface area (Å²) < 4.78 is 6.62. The van der Waals surface area contributed by atoms with Crippen molar-refractivity contribution >= 4 is 15.9 Å². The minimum absolute atomic E-state index is 0.323. The lowest BCUT2D eigenvalue weighted by Gasteiger charge is -2.25. The maximum absolute atomic E-state index is 10.2. The molecule has 0 bridgehead atoms. The fourth-order valence-electron chi connectivity index (χ4n) is 1.64. The topological polar surface area (TPSA) is 41.5 Å². The van der Waals surface area contributed by atoms with Crippen molar-refractivity contribution in [2.45, 2.75) is 38.8 Å². The molecule has 1 aromatic rings. The van der Waals surface area contributed by atoms with E-state index in [9.17, 15) is 5.11 Å². The first-order valence-electron chi connectivity index (χ1n) is 6.33. The van der Waals surface area contributed by atoms with Crippen molar-refractivity contribution in [3.8, 4) is 5.75 Å². The van der Waals surface area contributed by atoms with Gasteiger partial charge in [-0.05, 0) is 53.5 Å². The van der Waals surface area contributed by atoms with E-state index < -0.39 is 5.60 Å².